The molecule has 3 aromatic carbocycles. The quantitative estimate of drug-likeness (QED) is 0.532. The van der Waals surface area contributed by atoms with Gasteiger partial charge in [-0.1, -0.05) is 24.3 Å². The van der Waals surface area contributed by atoms with Crippen molar-refractivity contribution >= 4 is 32.9 Å². The highest BCUT2D eigenvalue weighted by Gasteiger charge is 2.29. The summed E-state index contributed by atoms with van der Waals surface area (Å²) in [4.78, 5) is 4.39. The van der Waals surface area contributed by atoms with Crippen LogP contribution in [0.3, 0.4) is 0 Å². The maximum absolute atomic E-state index is 13.3. The summed E-state index contributed by atoms with van der Waals surface area (Å²) in [6.07, 6.45) is 3.42. The summed E-state index contributed by atoms with van der Waals surface area (Å²) in [5, 5.41) is 8.81. The minimum absolute atomic E-state index is 0.169. The third kappa shape index (κ3) is 4.21. The van der Waals surface area contributed by atoms with E-state index >= 15 is 0 Å². The van der Waals surface area contributed by atoms with E-state index in [9.17, 15) is 8.42 Å². The van der Waals surface area contributed by atoms with E-state index in [0.717, 1.165) is 48.4 Å². The topological polar surface area (TPSA) is 85.7 Å². The third-order valence-electron chi connectivity index (χ3n) is 6.46. The fourth-order valence-corrected chi connectivity index (χ4v) is 5.73. The number of ether oxygens (including phenoxy) is 1. The van der Waals surface area contributed by atoms with Gasteiger partial charge in [0, 0.05) is 24.3 Å². The van der Waals surface area contributed by atoms with Crippen LogP contribution in [0.4, 0.5) is 17.1 Å². The molecule has 8 heteroatoms. The summed E-state index contributed by atoms with van der Waals surface area (Å²) in [7, 11) is -2.26. The molecule has 0 unspecified atom stereocenters. The lowest BCUT2D eigenvalue weighted by Gasteiger charge is -2.33. The zero-order valence-electron chi connectivity index (χ0n) is 19.1. The molecule has 2 N–H and O–H groups in total. The van der Waals surface area contributed by atoms with E-state index in [2.05, 4.69) is 9.62 Å². The summed E-state index contributed by atoms with van der Waals surface area (Å²) in [5.41, 5.74) is 4.14. The van der Waals surface area contributed by atoms with E-state index in [4.69, 9.17) is 10.1 Å². The first-order valence-electron chi connectivity index (χ1n) is 11.5. The maximum atomic E-state index is 13.3. The summed E-state index contributed by atoms with van der Waals surface area (Å²) in [6.45, 7) is 2.40. The number of methoxy groups -OCH3 is 1. The Bertz CT molecular complexity index is 1320. The number of anilines is 3. The standard InChI is InChI=1S/C26H28N4O3S/c1-33-21-11-9-20(10-12-21)28-34(31,32)22-13-14-24(29-15-5-2-6-16-29)25(17-22)30-18-19-7-3-4-8-23(19)26(30)27/h3-4,7-14,17,27-28H,2,5-6,15-16,18H2,1H3. The van der Waals surface area contributed by atoms with Crippen LogP contribution in [0.1, 0.15) is 30.4 Å². The number of hydrogen-bond donors (Lipinski definition) is 2. The average molecular weight is 477 g/mol. The van der Waals surface area contributed by atoms with Crippen LogP contribution in [0.5, 0.6) is 5.75 Å². The molecule has 0 aliphatic carbocycles. The second-order valence-corrected chi connectivity index (χ2v) is 10.3. The minimum Gasteiger partial charge on any atom is -0.497 e. The van der Waals surface area contributed by atoms with E-state index in [0.29, 0.717) is 23.8 Å². The second kappa shape index (κ2) is 9.02. The number of benzene rings is 3. The van der Waals surface area contributed by atoms with Crippen LogP contribution < -0.4 is 19.3 Å². The number of sulfonamides is 1. The molecule has 0 spiro atoms. The Morgan fingerprint density at radius 3 is 2.35 bits per heavy atom. The van der Waals surface area contributed by atoms with Crippen molar-refractivity contribution < 1.29 is 13.2 Å². The van der Waals surface area contributed by atoms with Gasteiger partial charge in [0.1, 0.15) is 11.6 Å². The molecule has 0 bridgehead atoms. The Hall–Kier alpha value is -3.52. The van der Waals surface area contributed by atoms with Gasteiger partial charge in [-0.2, -0.15) is 0 Å². The lowest BCUT2D eigenvalue weighted by molar-refractivity contribution is 0.415. The van der Waals surface area contributed by atoms with E-state index in [1.54, 1.807) is 43.5 Å². The number of nitrogens with one attached hydrogen (secondary N) is 2. The highest BCUT2D eigenvalue weighted by atomic mass is 32.2. The first-order valence-corrected chi connectivity index (χ1v) is 12.9. The van der Waals surface area contributed by atoms with Crippen LogP contribution in [0.15, 0.2) is 71.6 Å². The van der Waals surface area contributed by atoms with Crippen molar-refractivity contribution in [2.24, 2.45) is 0 Å². The first kappa shape index (κ1) is 22.3. The van der Waals surface area contributed by atoms with Crippen molar-refractivity contribution in [2.75, 3.05) is 34.7 Å². The molecule has 0 saturated carbocycles. The van der Waals surface area contributed by atoms with E-state index < -0.39 is 10.0 Å². The molecule has 1 saturated heterocycles. The Morgan fingerprint density at radius 2 is 1.65 bits per heavy atom. The van der Waals surface area contributed by atoms with Gasteiger partial charge in [0.15, 0.2) is 0 Å². The van der Waals surface area contributed by atoms with E-state index in [-0.39, 0.29) is 4.90 Å². The molecule has 2 aliphatic rings. The van der Waals surface area contributed by atoms with Crippen LogP contribution in [0.25, 0.3) is 0 Å². The molecule has 5 rings (SSSR count). The molecule has 2 aliphatic heterocycles. The van der Waals surface area contributed by atoms with Crippen LogP contribution in [-0.4, -0.2) is 34.5 Å². The molecule has 0 aromatic heterocycles. The zero-order valence-corrected chi connectivity index (χ0v) is 19.9. The molecule has 0 radical (unpaired) electrons. The van der Waals surface area contributed by atoms with Crippen molar-refractivity contribution in [2.45, 2.75) is 30.7 Å². The highest BCUT2D eigenvalue weighted by Crippen LogP contribution is 2.38. The molecular weight excluding hydrogens is 448 g/mol. The molecule has 2 heterocycles. The van der Waals surface area contributed by atoms with Crippen molar-refractivity contribution in [1.29, 1.82) is 5.41 Å². The zero-order chi connectivity index (χ0) is 23.7. The summed E-state index contributed by atoms with van der Waals surface area (Å²) in [6, 6.07) is 19.9. The Balaban J connectivity index is 1.52. The van der Waals surface area contributed by atoms with E-state index in [1.165, 1.54) is 6.42 Å². The van der Waals surface area contributed by atoms with Gasteiger partial charge in [-0.05, 0) is 67.3 Å². The second-order valence-electron chi connectivity index (χ2n) is 8.62. The van der Waals surface area contributed by atoms with Crippen LogP contribution in [0, 0.1) is 5.41 Å². The fourth-order valence-electron chi connectivity index (χ4n) is 4.65. The van der Waals surface area contributed by atoms with Gasteiger partial charge in [-0.25, -0.2) is 8.42 Å². The SMILES string of the molecule is COc1ccc(NS(=O)(=O)c2ccc(N3CCCCC3)c(N3Cc4ccccc4C3=N)c2)cc1. The summed E-state index contributed by atoms with van der Waals surface area (Å²) < 4.78 is 34.4. The lowest BCUT2D eigenvalue weighted by atomic mass is 10.1. The molecule has 176 valence electrons. The van der Waals surface area contributed by atoms with Gasteiger partial charge >= 0.3 is 0 Å². The maximum Gasteiger partial charge on any atom is 0.261 e. The predicted octanol–water partition coefficient (Wildman–Crippen LogP) is 4.83. The van der Waals surface area contributed by atoms with Gasteiger partial charge in [0.25, 0.3) is 10.0 Å². The number of amidine groups is 1. The summed E-state index contributed by atoms with van der Waals surface area (Å²) in [5.74, 6) is 1.05. The molecule has 3 aromatic rings. The van der Waals surface area contributed by atoms with E-state index in [1.807, 2.05) is 35.2 Å². The van der Waals surface area contributed by atoms with Gasteiger partial charge in [0.05, 0.1) is 29.9 Å². The Kier molecular flexibility index (Phi) is 5.91. The lowest BCUT2D eigenvalue weighted by Crippen LogP contribution is -2.32. The first-order chi connectivity index (χ1) is 16.5. The largest absolute Gasteiger partial charge is 0.497 e. The highest BCUT2D eigenvalue weighted by molar-refractivity contribution is 7.92. The summed E-state index contributed by atoms with van der Waals surface area (Å²) >= 11 is 0. The average Bonchev–Trinajstić information content (AvgIpc) is 3.21. The minimum atomic E-state index is -3.82. The van der Waals surface area contributed by atoms with Gasteiger partial charge in [-0.15, -0.1) is 0 Å². The molecule has 0 amide bonds. The number of fused-ring (bicyclic) bond motifs is 1. The number of hydrogen-bond acceptors (Lipinski definition) is 5. The fraction of sp³-hybridized carbons (Fsp3) is 0.269. The molecule has 0 atom stereocenters. The van der Waals surface area contributed by atoms with Crippen molar-refractivity contribution in [3.05, 3.63) is 77.9 Å². The van der Waals surface area contributed by atoms with Crippen molar-refractivity contribution in [3.8, 4) is 5.75 Å². The van der Waals surface area contributed by atoms with Crippen LogP contribution in [0.2, 0.25) is 0 Å². The third-order valence-corrected chi connectivity index (χ3v) is 7.84. The van der Waals surface area contributed by atoms with Crippen LogP contribution in [-0.2, 0) is 16.6 Å². The van der Waals surface area contributed by atoms with Crippen molar-refractivity contribution in [1.82, 2.24) is 0 Å². The number of nitrogens with zero attached hydrogens (tertiary/aromatic N) is 2. The predicted molar refractivity (Wildman–Crippen MR) is 136 cm³/mol. The molecule has 1 fully saturated rings. The number of piperidine rings is 1. The van der Waals surface area contributed by atoms with Crippen LogP contribution >= 0.6 is 0 Å². The molecular formula is C26H28N4O3S. The molecule has 7 nitrogen and oxygen atoms in total. The normalized spacial score (nSPS) is 15.9. The monoisotopic (exact) mass is 476 g/mol. The molecule has 34 heavy (non-hydrogen) atoms. The van der Waals surface area contributed by atoms with Gasteiger partial charge in [-0.3, -0.25) is 10.1 Å². The number of rotatable bonds is 6. The van der Waals surface area contributed by atoms with Gasteiger partial charge < -0.3 is 14.5 Å². The Labute approximate surface area is 200 Å². The van der Waals surface area contributed by atoms with Gasteiger partial charge in [0.2, 0.25) is 0 Å². The van der Waals surface area contributed by atoms with Crippen molar-refractivity contribution in [3.63, 3.8) is 0 Å². The smallest absolute Gasteiger partial charge is 0.261 e. The Morgan fingerprint density at radius 1 is 0.912 bits per heavy atom.